The van der Waals surface area contributed by atoms with Crippen molar-refractivity contribution in [3.05, 3.63) is 35.5 Å². The van der Waals surface area contributed by atoms with E-state index < -0.39 is 0 Å². The summed E-state index contributed by atoms with van der Waals surface area (Å²) in [6, 6.07) is 7.74. The molecule has 3 rings (SSSR count). The van der Waals surface area contributed by atoms with Crippen molar-refractivity contribution >= 4 is 5.82 Å². The van der Waals surface area contributed by atoms with Gasteiger partial charge in [-0.15, -0.1) is 5.10 Å². The quantitative estimate of drug-likeness (QED) is 0.863. The predicted octanol–water partition coefficient (Wildman–Crippen LogP) is 2.20. The number of aromatic nitrogens is 2. The Morgan fingerprint density at radius 2 is 2.05 bits per heavy atom. The Kier molecular flexibility index (Phi) is 4.00. The number of hydrogen-bond donors (Lipinski definition) is 0. The summed E-state index contributed by atoms with van der Waals surface area (Å²) in [5.41, 5.74) is 1.92. The number of benzene rings is 1. The van der Waals surface area contributed by atoms with Crippen molar-refractivity contribution < 1.29 is 14.2 Å². The van der Waals surface area contributed by atoms with Crippen LogP contribution < -0.4 is 19.1 Å². The summed E-state index contributed by atoms with van der Waals surface area (Å²) < 4.78 is 16.4. The SMILES string of the molecule is COc1ccc(CN2CCOc3cc(C)nnc32)c(OC)c1. The lowest BCUT2D eigenvalue weighted by molar-refractivity contribution is 0.302. The summed E-state index contributed by atoms with van der Waals surface area (Å²) >= 11 is 0. The molecule has 0 spiro atoms. The smallest absolute Gasteiger partial charge is 0.194 e. The van der Waals surface area contributed by atoms with Gasteiger partial charge < -0.3 is 19.1 Å². The minimum absolute atomic E-state index is 0.636. The first-order chi connectivity index (χ1) is 10.7. The highest BCUT2D eigenvalue weighted by atomic mass is 16.5. The molecular weight excluding hydrogens is 282 g/mol. The van der Waals surface area contributed by atoms with E-state index in [2.05, 4.69) is 15.1 Å². The zero-order valence-electron chi connectivity index (χ0n) is 13.0. The topological polar surface area (TPSA) is 56.7 Å². The molecule has 1 aliphatic rings. The fourth-order valence-electron chi connectivity index (χ4n) is 2.50. The van der Waals surface area contributed by atoms with Crippen LogP contribution in [0.4, 0.5) is 5.82 Å². The molecule has 1 aromatic heterocycles. The summed E-state index contributed by atoms with van der Waals surface area (Å²) in [5, 5.41) is 8.40. The van der Waals surface area contributed by atoms with Crippen LogP contribution >= 0.6 is 0 Å². The molecule has 0 saturated heterocycles. The fraction of sp³-hybridized carbons (Fsp3) is 0.375. The predicted molar refractivity (Wildman–Crippen MR) is 82.9 cm³/mol. The van der Waals surface area contributed by atoms with Crippen LogP contribution in [0.2, 0.25) is 0 Å². The molecule has 0 amide bonds. The number of nitrogens with zero attached hydrogens (tertiary/aromatic N) is 3. The molecular formula is C16H19N3O3. The van der Waals surface area contributed by atoms with Crippen molar-refractivity contribution in [2.45, 2.75) is 13.5 Å². The van der Waals surface area contributed by atoms with Crippen molar-refractivity contribution in [2.24, 2.45) is 0 Å². The van der Waals surface area contributed by atoms with E-state index in [4.69, 9.17) is 14.2 Å². The van der Waals surface area contributed by atoms with Crippen molar-refractivity contribution in [3.63, 3.8) is 0 Å². The Morgan fingerprint density at radius 1 is 1.18 bits per heavy atom. The van der Waals surface area contributed by atoms with Crippen LogP contribution in [-0.4, -0.2) is 37.6 Å². The van der Waals surface area contributed by atoms with Crippen LogP contribution in [0.3, 0.4) is 0 Å². The second kappa shape index (κ2) is 6.09. The Balaban J connectivity index is 1.88. The molecule has 0 radical (unpaired) electrons. The van der Waals surface area contributed by atoms with Crippen molar-refractivity contribution in [2.75, 3.05) is 32.3 Å². The summed E-state index contributed by atoms with van der Waals surface area (Å²) in [6.45, 7) is 3.99. The highest BCUT2D eigenvalue weighted by Gasteiger charge is 2.21. The highest BCUT2D eigenvalue weighted by molar-refractivity contribution is 5.55. The van der Waals surface area contributed by atoms with Gasteiger partial charge in [-0.05, 0) is 19.1 Å². The second-order valence-corrected chi connectivity index (χ2v) is 5.12. The molecule has 6 nitrogen and oxygen atoms in total. The van der Waals surface area contributed by atoms with Crippen molar-refractivity contribution in [3.8, 4) is 17.2 Å². The zero-order chi connectivity index (χ0) is 15.5. The minimum Gasteiger partial charge on any atom is -0.497 e. The standard InChI is InChI=1S/C16H19N3O3/c1-11-8-15-16(18-17-11)19(6-7-22-15)10-12-4-5-13(20-2)9-14(12)21-3/h4-5,8-9H,6-7,10H2,1-3H3. The molecule has 0 atom stereocenters. The summed E-state index contributed by atoms with van der Waals surface area (Å²) in [6.07, 6.45) is 0. The number of methoxy groups -OCH3 is 2. The third-order valence-corrected chi connectivity index (χ3v) is 3.64. The van der Waals surface area contributed by atoms with Gasteiger partial charge in [0.15, 0.2) is 11.6 Å². The largest absolute Gasteiger partial charge is 0.497 e. The summed E-state index contributed by atoms with van der Waals surface area (Å²) in [5.74, 6) is 3.13. The average Bonchev–Trinajstić information content (AvgIpc) is 2.55. The molecule has 6 heteroatoms. The Labute approximate surface area is 129 Å². The Bertz CT molecular complexity index is 676. The molecule has 2 heterocycles. The number of fused-ring (bicyclic) bond motifs is 1. The lowest BCUT2D eigenvalue weighted by atomic mass is 10.1. The number of aryl methyl sites for hydroxylation is 1. The maximum absolute atomic E-state index is 5.67. The van der Waals surface area contributed by atoms with Crippen molar-refractivity contribution in [1.29, 1.82) is 0 Å². The number of anilines is 1. The number of hydrogen-bond acceptors (Lipinski definition) is 6. The average molecular weight is 301 g/mol. The van der Waals surface area contributed by atoms with E-state index in [0.717, 1.165) is 40.9 Å². The molecule has 1 aliphatic heterocycles. The molecule has 0 bridgehead atoms. The molecule has 22 heavy (non-hydrogen) atoms. The lowest BCUT2D eigenvalue weighted by Gasteiger charge is -2.30. The zero-order valence-corrected chi connectivity index (χ0v) is 13.0. The highest BCUT2D eigenvalue weighted by Crippen LogP contribution is 2.32. The number of ether oxygens (including phenoxy) is 3. The lowest BCUT2D eigenvalue weighted by Crippen LogP contribution is -2.33. The summed E-state index contributed by atoms with van der Waals surface area (Å²) in [4.78, 5) is 2.15. The van der Waals surface area contributed by atoms with Gasteiger partial charge in [-0.25, -0.2) is 0 Å². The van der Waals surface area contributed by atoms with E-state index in [0.29, 0.717) is 13.2 Å². The monoisotopic (exact) mass is 301 g/mol. The van der Waals surface area contributed by atoms with Gasteiger partial charge in [0.2, 0.25) is 0 Å². The van der Waals surface area contributed by atoms with Gasteiger partial charge in [0, 0.05) is 24.2 Å². The van der Waals surface area contributed by atoms with Crippen LogP contribution in [0.25, 0.3) is 0 Å². The van der Waals surface area contributed by atoms with Gasteiger partial charge in [-0.1, -0.05) is 0 Å². The first-order valence-corrected chi connectivity index (χ1v) is 7.14. The molecule has 2 aromatic rings. The molecule has 1 aromatic carbocycles. The van der Waals surface area contributed by atoms with Gasteiger partial charge in [-0.2, -0.15) is 5.10 Å². The first-order valence-electron chi connectivity index (χ1n) is 7.14. The van der Waals surface area contributed by atoms with E-state index in [9.17, 15) is 0 Å². The maximum Gasteiger partial charge on any atom is 0.194 e. The molecule has 0 fully saturated rings. The van der Waals surface area contributed by atoms with Gasteiger partial charge in [-0.3, -0.25) is 0 Å². The maximum atomic E-state index is 5.67. The van der Waals surface area contributed by atoms with E-state index in [1.807, 2.05) is 31.2 Å². The van der Waals surface area contributed by atoms with Crippen LogP contribution in [0.15, 0.2) is 24.3 Å². The Morgan fingerprint density at radius 3 is 2.82 bits per heavy atom. The Hall–Kier alpha value is -2.50. The van der Waals surface area contributed by atoms with Crippen LogP contribution in [-0.2, 0) is 6.54 Å². The second-order valence-electron chi connectivity index (χ2n) is 5.12. The van der Waals surface area contributed by atoms with E-state index in [1.54, 1.807) is 14.2 Å². The van der Waals surface area contributed by atoms with E-state index in [-0.39, 0.29) is 0 Å². The van der Waals surface area contributed by atoms with Gasteiger partial charge in [0.05, 0.1) is 26.5 Å². The van der Waals surface area contributed by atoms with Gasteiger partial charge >= 0.3 is 0 Å². The fourth-order valence-corrected chi connectivity index (χ4v) is 2.50. The number of rotatable bonds is 4. The third kappa shape index (κ3) is 2.77. The molecule has 116 valence electrons. The van der Waals surface area contributed by atoms with Crippen molar-refractivity contribution in [1.82, 2.24) is 10.2 Å². The van der Waals surface area contributed by atoms with Crippen LogP contribution in [0, 0.1) is 6.92 Å². The van der Waals surface area contributed by atoms with Crippen LogP contribution in [0.5, 0.6) is 17.2 Å². The third-order valence-electron chi connectivity index (χ3n) is 3.64. The first kappa shape index (κ1) is 14.4. The van der Waals surface area contributed by atoms with Gasteiger partial charge in [0.25, 0.3) is 0 Å². The molecule has 0 N–H and O–H groups in total. The van der Waals surface area contributed by atoms with E-state index in [1.165, 1.54) is 0 Å². The summed E-state index contributed by atoms with van der Waals surface area (Å²) in [7, 11) is 3.30. The van der Waals surface area contributed by atoms with E-state index >= 15 is 0 Å². The normalized spacial score (nSPS) is 13.3. The minimum atomic E-state index is 0.636. The van der Waals surface area contributed by atoms with Gasteiger partial charge in [0.1, 0.15) is 18.1 Å². The molecule has 0 unspecified atom stereocenters. The molecule has 0 aliphatic carbocycles. The van der Waals surface area contributed by atoms with Crippen LogP contribution in [0.1, 0.15) is 11.3 Å². The molecule has 0 saturated carbocycles.